The number of hydrogen-bond donors (Lipinski definition) is 1. The summed E-state index contributed by atoms with van der Waals surface area (Å²) < 4.78 is 2.00. The highest BCUT2D eigenvalue weighted by Crippen LogP contribution is 2.22. The van der Waals surface area contributed by atoms with Gasteiger partial charge in [0.05, 0.1) is 16.4 Å². The molecule has 0 atom stereocenters. The van der Waals surface area contributed by atoms with Gasteiger partial charge in [-0.1, -0.05) is 11.6 Å². The van der Waals surface area contributed by atoms with E-state index in [0.29, 0.717) is 6.04 Å². The summed E-state index contributed by atoms with van der Waals surface area (Å²) >= 11 is 6.28. The van der Waals surface area contributed by atoms with Gasteiger partial charge in [0.25, 0.3) is 0 Å². The molecule has 0 saturated carbocycles. The van der Waals surface area contributed by atoms with Gasteiger partial charge >= 0.3 is 0 Å². The predicted molar refractivity (Wildman–Crippen MR) is 65.8 cm³/mol. The maximum absolute atomic E-state index is 6.28. The summed E-state index contributed by atoms with van der Waals surface area (Å²) in [5, 5.41) is 8.53. The second-order valence-corrected chi connectivity index (χ2v) is 4.77. The maximum Gasteiger partial charge on any atom is 0.0860 e. The molecule has 90 valence electrons. The zero-order valence-corrected chi connectivity index (χ0v) is 10.9. The van der Waals surface area contributed by atoms with Crippen molar-refractivity contribution >= 4 is 11.6 Å². The normalized spacial score (nSPS) is 16.8. The van der Waals surface area contributed by atoms with E-state index in [-0.39, 0.29) is 0 Å². The molecular weight excluding hydrogens is 224 g/mol. The van der Waals surface area contributed by atoms with Crippen molar-refractivity contribution in [3.8, 4) is 0 Å². The van der Waals surface area contributed by atoms with E-state index in [4.69, 9.17) is 11.6 Å². The van der Waals surface area contributed by atoms with Crippen molar-refractivity contribution in [1.82, 2.24) is 20.0 Å². The van der Waals surface area contributed by atoms with Crippen molar-refractivity contribution in [3.05, 3.63) is 16.4 Å². The van der Waals surface area contributed by atoms with E-state index in [2.05, 4.69) is 29.3 Å². The van der Waals surface area contributed by atoms with Gasteiger partial charge in [-0.15, -0.1) is 0 Å². The molecule has 1 saturated heterocycles. The van der Waals surface area contributed by atoms with E-state index in [1.54, 1.807) is 0 Å². The number of nitrogens with zero attached hydrogens (tertiary/aromatic N) is 3. The van der Waals surface area contributed by atoms with Gasteiger partial charge in [0.2, 0.25) is 0 Å². The van der Waals surface area contributed by atoms with Crippen LogP contribution in [0.5, 0.6) is 0 Å². The smallest absolute Gasteiger partial charge is 0.0860 e. The quantitative estimate of drug-likeness (QED) is 0.863. The zero-order chi connectivity index (χ0) is 11.7. The fourth-order valence-electron chi connectivity index (χ4n) is 1.97. The minimum absolute atomic E-state index is 0.636. The first-order chi connectivity index (χ1) is 7.63. The second-order valence-electron chi connectivity index (χ2n) is 4.39. The summed E-state index contributed by atoms with van der Waals surface area (Å²) in [6.45, 7) is 7.96. The molecule has 5 heteroatoms. The lowest BCUT2D eigenvalue weighted by Crippen LogP contribution is -2.55. The number of nitrogens with one attached hydrogen (secondary N) is 1. The predicted octanol–water partition coefficient (Wildman–Crippen LogP) is 1.27. The van der Waals surface area contributed by atoms with Crippen LogP contribution in [0.2, 0.25) is 5.02 Å². The van der Waals surface area contributed by atoms with Crippen LogP contribution in [0, 0.1) is 6.92 Å². The largest absolute Gasteiger partial charge is 0.314 e. The Kier molecular flexibility index (Phi) is 3.52. The number of aromatic nitrogens is 2. The SMILES string of the molecule is CCn1nc(C)c(Cl)c1CN(C)C1CNC1. The maximum atomic E-state index is 6.28. The van der Waals surface area contributed by atoms with Crippen LogP contribution in [0.3, 0.4) is 0 Å². The number of aryl methyl sites for hydroxylation is 2. The lowest BCUT2D eigenvalue weighted by Gasteiger charge is -2.35. The summed E-state index contributed by atoms with van der Waals surface area (Å²) in [5.74, 6) is 0. The number of rotatable bonds is 4. The number of likely N-dealkylation sites (N-methyl/N-ethyl adjacent to an activating group) is 1. The molecule has 1 aromatic heterocycles. The zero-order valence-electron chi connectivity index (χ0n) is 10.1. The van der Waals surface area contributed by atoms with Gasteiger partial charge in [0.1, 0.15) is 0 Å². The highest BCUT2D eigenvalue weighted by Gasteiger charge is 2.23. The standard InChI is InChI=1S/C11H19ClN4/c1-4-16-10(11(12)8(2)14-16)7-15(3)9-5-13-6-9/h9,13H,4-7H2,1-3H3. The summed E-state index contributed by atoms with van der Waals surface area (Å²) in [6.07, 6.45) is 0. The molecule has 0 radical (unpaired) electrons. The molecule has 0 spiro atoms. The molecular formula is C11H19ClN4. The van der Waals surface area contributed by atoms with Gasteiger partial charge < -0.3 is 5.32 Å². The Morgan fingerprint density at radius 1 is 1.56 bits per heavy atom. The van der Waals surface area contributed by atoms with Crippen molar-refractivity contribution in [2.24, 2.45) is 0 Å². The van der Waals surface area contributed by atoms with Crippen LogP contribution in [0.15, 0.2) is 0 Å². The Labute approximate surface area is 102 Å². The molecule has 0 aliphatic carbocycles. The second kappa shape index (κ2) is 4.73. The van der Waals surface area contributed by atoms with Gasteiger partial charge in [-0.3, -0.25) is 9.58 Å². The molecule has 16 heavy (non-hydrogen) atoms. The Balaban J connectivity index is 2.12. The van der Waals surface area contributed by atoms with Crippen LogP contribution in [0.25, 0.3) is 0 Å². The Morgan fingerprint density at radius 3 is 2.75 bits per heavy atom. The van der Waals surface area contributed by atoms with Gasteiger partial charge in [-0.05, 0) is 20.9 Å². The topological polar surface area (TPSA) is 33.1 Å². The molecule has 1 aliphatic rings. The molecule has 0 bridgehead atoms. The first-order valence-electron chi connectivity index (χ1n) is 5.76. The van der Waals surface area contributed by atoms with E-state index in [0.717, 1.165) is 42.6 Å². The Morgan fingerprint density at radius 2 is 2.25 bits per heavy atom. The first-order valence-corrected chi connectivity index (χ1v) is 6.14. The molecule has 0 aromatic carbocycles. The van der Waals surface area contributed by atoms with E-state index in [9.17, 15) is 0 Å². The molecule has 4 nitrogen and oxygen atoms in total. The summed E-state index contributed by atoms with van der Waals surface area (Å²) in [7, 11) is 2.14. The van der Waals surface area contributed by atoms with Crippen LogP contribution >= 0.6 is 11.6 Å². The average molecular weight is 243 g/mol. The summed E-state index contributed by atoms with van der Waals surface area (Å²) in [4.78, 5) is 2.34. The third-order valence-corrected chi connectivity index (χ3v) is 3.73. The van der Waals surface area contributed by atoms with E-state index < -0.39 is 0 Å². The monoisotopic (exact) mass is 242 g/mol. The molecule has 1 aliphatic heterocycles. The van der Waals surface area contributed by atoms with Gasteiger partial charge in [0.15, 0.2) is 0 Å². The van der Waals surface area contributed by atoms with Crippen molar-refractivity contribution in [1.29, 1.82) is 0 Å². The van der Waals surface area contributed by atoms with Crippen LogP contribution in [0.1, 0.15) is 18.3 Å². The van der Waals surface area contributed by atoms with E-state index in [1.165, 1.54) is 0 Å². The van der Waals surface area contributed by atoms with Crippen molar-refractivity contribution in [2.45, 2.75) is 33.0 Å². The molecule has 1 N–H and O–H groups in total. The highest BCUT2D eigenvalue weighted by molar-refractivity contribution is 6.31. The molecule has 1 aromatic rings. The minimum Gasteiger partial charge on any atom is -0.314 e. The lowest BCUT2D eigenvalue weighted by atomic mass is 10.1. The fraction of sp³-hybridized carbons (Fsp3) is 0.727. The molecule has 1 fully saturated rings. The number of hydrogen-bond acceptors (Lipinski definition) is 3. The average Bonchev–Trinajstić information content (AvgIpc) is 2.43. The molecule has 2 rings (SSSR count). The molecule has 0 amide bonds. The third-order valence-electron chi connectivity index (χ3n) is 3.24. The van der Waals surface area contributed by atoms with Gasteiger partial charge in [-0.2, -0.15) is 5.10 Å². The Hall–Kier alpha value is -0.580. The van der Waals surface area contributed by atoms with Crippen LogP contribution < -0.4 is 5.32 Å². The summed E-state index contributed by atoms with van der Waals surface area (Å²) in [6, 6.07) is 0.636. The van der Waals surface area contributed by atoms with Crippen LogP contribution in [0.4, 0.5) is 0 Å². The fourth-order valence-corrected chi connectivity index (χ4v) is 2.17. The number of halogens is 1. The van der Waals surface area contributed by atoms with Crippen LogP contribution in [-0.2, 0) is 13.1 Å². The van der Waals surface area contributed by atoms with Crippen LogP contribution in [-0.4, -0.2) is 40.9 Å². The van der Waals surface area contributed by atoms with Gasteiger partial charge in [0, 0.05) is 32.2 Å². The highest BCUT2D eigenvalue weighted by atomic mass is 35.5. The lowest BCUT2D eigenvalue weighted by molar-refractivity contribution is 0.169. The third kappa shape index (κ3) is 2.10. The Bertz CT molecular complexity index is 370. The molecule has 0 unspecified atom stereocenters. The van der Waals surface area contributed by atoms with Crippen molar-refractivity contribution < 1.29 is 0 Å². The molecule has 2 heterocycles. The summed E-state index contributed by atoms with van der Waals surface area (Å²) in [5.41, 5.74) is 2.06. The van der Waals surface area contributed by atoms with Crippen molar-refractivity contribution in [3.63, 3.8) is 0 Å². The first kappa shape index (κ1) is 11.9. The van der Waals surface area contributed by atoms with Crippen molar-refractivity contribution in [2.75, 3.05) is 20.1 Å². The minimum atomic E-state index is 0.636. The van der Waals surface area contributed by atoms with E-state index in [1.807, 2.05) is 11.6 Å². The van der Waals surface area contributed by atoms with E-state index >= 15 is 0 Å². The van der Waals surface area contributed by atoms with Gasteiger partial charge in [-0.25, -0.2) is 0 Å².